The predicted molar refractivity (Wildman–Crippen MR) is 378 cm³/mol. The van der Waals surface area contributed by atoms with Gasteiger partial charge in [0.15, 0.2) is 0 Å². The first kappa shape index (κ1) is 52.6. The maximum absolute atomic E-state index is 11.7. The third kappa shape index (κ3) is 7.70. The van der Waals surface area contributed by atoms with Gasteiger partial charge in [0.25, 0.3) is 0 Å². The molecule has 5 heterocycles. The van der Waals surface area contributed by atoms with Gasteiger partial charge in [0.1, 0.15) is 18.0 Å². The van der Waals surface area contributed by atoms with E-state index in [1.807, 2.05) is 12.1 Å². The van der Waals surface area contributed by atoms with Crippen LogP contribution in [0.2, 0.25) is 0 Å². The first-order valence-corrected chi connectivity index (χ1v) is 31.2. The molecule has 2 unspecified atom stereocenters. The van der Waals surface area contributed by atoms with Crippen LogP contribution in [-0.2, 0) is 5.41 Å². The highest BCUT2D eigenvalue weighted by atomic mass is 15.1. The van der Waals surface area contributed by atoms with Crippen molar-refractivity contribution in [3.8, 4) is 45.8 Å². The van der Waals surface area contributed by atoms with E-state index in [0.29, 0.717) is 16.7 Å². The van der Waals surface area contributed by atoms with Crippen LogP contribution < -0.4 is 0 Å². The molecule has 1 aliphatic heterocycles. The Kier molecular flexibility index (Phi) is 11.9. The highest BCUT2D eigenvalue weighted by Crippen LogP contribution is 2.58. The van der Waals surface area contributed by atoms with Crippen molar-refractivity contribution >= 4 is 98.8 Å². The highest BCUT2D eigenvalue weighted by Gasteiger charge is 2.53. The van der Waals surface area contributed by atoms with Gasteiger partial charge in [-0.1, -0.05) is 218 Å². The molecule has 2 atom stereocenters. The number of nitriles is 2. The van der Waals surface area contributed by atoms with Crippen LogP contribution in [0, 0.1) is 22.7 Å². The van der Waals surface area contributed by atoms with E-state index in [1.54, 1.807) is 6.07 Å². The minimum Gasteiger partial charge on any atom is -0.310 e. The maximum Gasteiger partial charge on any atom is 0.122 e. The Morgan fingerprint density at radius 1 is 0.315 bits per heavy atom. The van der Waals surface area contributed by atoms with Gasteiger partial charge in [0, 0.05) is 54.5 Å². The van der Waals surface area contributed by atoms with Crippen LogP contribution in [0.3, 0.4) is 0 Å². The molecule has 0 saturated heterocycles. The quantitative estimate of drug-likeness (QED) is 0.152. The Hall–Kier alpha value is -12.6. The van der Waals surface area contributed by atoms with Gasteiger partial charge >= 0.3 is 0 Å². The summed E-state index contributed by atoms with van der Waals surface area (Å²) >= 11 is 0. The molecule has 7 nitrogen and oxygen atoms in total. The summed E-state index contributed by atoms with van der Waals surface area (Å²) in [5.41, 5.74) is 18.1. The molecule has 0 N–H and O–H groups in total. The molecule has 0 radical (unpaired) electrons. The lowest BCUT2D eigenvalue weighted by molar-refractivity contribution is 0.575. The van der Waals surface area contributed by atoms with Gasteiger partial charge < -0.3 is 13.7 Å². The van der Waals surface area contributed by atoms with Crippen LogP contribution in [0.15, 0.2) is 321 Å². The third-order valence-corrected chi connectivity index (χ3v) is 19.4. The molecule has 1 aliphatic rings. The van der Waals surface area contributed by atoms with Gasteiger partial charge in [-0.3, -0.25) is 4.57 Å². The molecule has 92 heavy (non-hydrogen) atoms. The Bertz CT molecular complexity index is 5910. The number of allylic oxidation sites excluding steroid dienone is 1. The van der Waals surface area contributed by atoms with E-state index in [2.05, 4.69) is 328 Å². The molecule has 0 saturated carbocycles. The smallest absolute Gasteiger partial charge is 0.122 e. The zero-order valence-electron chi connectivity index (χ0n) is 49.7. The van der Waals surface area contributed by atoms with Crippen molar-refractivity contribution in [3.63, 3.8) is 0 Å². The summed E-state index contributed by atoms with van der Waals surface area (Å²) in [6.45, 7) is 0. The second kappa shape index (κ2) is 20.8. The molecule has 4 aromatic heterocycles. The van der Waals surface area contributed by atoms with Crippen molar-refractivity contribution in [2.75, 3.05) is 0 Å². The summed E-state index contributed by atoms with van der Waals surface area (Å²) in [6, 6.07) is 115. The van der Waals surface area contributed by atoms with Gasteiger partial charge in [-0.25, -0.2) is 4.99 Å². The summed E-state index contributed by atoms with van der Waals surface area (Å²) in [5, 5.41) is 32.0. The van der Waals surface area contributed by atoms with Crippen molar-refractivity contribution < 1.29 is 0 Å². The minimum atomic E-state index is -1.23. The van der Waals surface area contributed by atoms with Gasteiger partial charge in [-0.15, -0.1) is 0 Å². The molecule has 18 rings (SSSR count). The summed E-state index contributed by atoms with van der Waals surface area (Å²) in [7, 11) is 0. The van der Waals surface area contributed by atoms with Gasteiger partial charge in [-0.05, 0) is 130 Å². The van der Waals surface area contributed by atoms with Crippen molar-refractivity contribution in [2.24, 2.45) is 4.99 Å². The second-order valence-electron chi connectivity index (χ2n) is 24.0. The summed E-state index contributed by atoms with van der Waals surface area (Å²) in [4.78, 5) is 5.86. The molecule has 7 heteroatoms. The highest BCUT2D eigenvalue weighted by molar-refractivity contribution is 6.19. The Labute approximate surface area is 530 Å². The first-order chi connectivity index (χ1) is 45.6. The lowest BCUT2D eigenvalue weighted by atomic mass is 9.59. The van der Waals surface area contributed by atoms with Crippen molar-refractivity contribution in [1.29, 1.82) is 10.5 Å². The average Bonchev–Trinajstić information content (AvgIpc) is 1.28. The summed E-state index contributed by atoms with van der Waals surface area (Å²) in [5.74, 6) is 0.166. The lowest BCUT2D eigenvalue weighted by Gasteiger charge is -2.47. The van der Waals surface area contributed by atoms with Gasteiger partial charge in [-0.2, -0.15) is 10.5 Å². The molecule has 428 valence electrons. The SMILES string of the molecule is N#Cc1cccc(C2(c3ccccc3)C(n3c4ccccc4c4cc(-c5ccc(-n6c7ccccc7c7ccccc76)cc5)ccc43)=CN=C(n3c4ccccc4c4cc(-c5ccc(-n6c7ccccc7c7ccccc76)cc5)ccc43)C2c2ccccc2)c1C#N. The predicted octanol–water partition coefficient (Wildman–Crippen LogP) is 20.7. The van der Waals surface area contributed by atoms with Crippen LogP contribution >= 0.6 is 0 Å². The molecular formula is C85H53N7. The molecule has 17 aromatic rings. The molecule has 0 fully saturated rings. The van der Waals surface area contributed by atoms with E-state index in [0.717, 1.165) is 99.9 Å². The Morgan fingerprint density at radius 3 is 1.15 bits per heavy atom. The van der Waals surface area contributed by atoms with E-state index in [9.17, 15) is 10.5 Å². The number of hydrogen-bond acceptors (Lipinski definition) is 3. The van der Waals surface area contributed by atoms with Crippen molar-refractivity contribution in [3.05, 3.63) is 343 Å². The van der Waals surface area contributed by atoms with Crippen molar-refractivity contribution in [1.82, 2.24) is 18.3 Å². The largest absolute Gasteiger partial charge is 0.310 e. The van der Waals surface area contributed by atoms with Crippen LogP contribution in [0.1, 0.15) is 33.7 Å². The number of hydrogen-bond donors (Lipinski definition) is 0. The molecule has 13 aromatic carbocycles. The number of fused-ring (bicyclic) bond motifs is 12. The first-order valence-electron chi connectivity index (χ1n) is 31.2. The average molecular weight is 1170 g/mol. The van der Waals surface area contributed by atoms with E-state index in [-0.39, 0.29) is 0 Å². The topological polar surface area (TPSA) is 79.7 Å². The fourth-order valence-corrected chi connectivity index (χ4v) is 15.5. The number of rotatable bonds is 8. The zero-order valence-corrected chi connectivity index (χ0v) is 49.7. The zero-order chi connectivity index (χ0) is 61.0. The number of para-hydroxylation sites is 6. The standard InChI is InChI=1S/C85H53N7/c86-52-60-22-19-31-73(72(60)53-87)85(61-23-5-2-6-24-61)82(91-78-36-17-11-29-68(78)70-50-58(42-48-80(70)91)55-38-44-62(45-39-55)89-74-32-13-7-25-64(74)65-26-8-14-33-75(65)89)54-88-84(83(85)57-20-3-1-4-21-57)92-79-37-18-12-30-69(79)71-51-59(43-49-81(71)92)56-40-46-63(47-41-56)90-76-34-15-9-27-66(76)67-28-10-16-35-77(67)90/h1-51,54,83H. The van der Waals surface area contributed by atoms with E-state index in [1.165, 1.54) is 43.6 Å². The second-order valence-corrected chi connectivity index (χ2v) is 24.0. The van der Waals surface area contributed by atoms with Crippen LogP contribution in [0.5, 0.6) is 0 Å². The number of benzene rings is 13. The molecule has 0 amide bonds. The Balaban J connectivity index is 0.854. The van der Waals surface area contributed by atoms with Gasteiger partial charge in [0.05, 0.1) is 78.5 Å². The maximum atomic E-state index is 11.7. The van der Waals surface area contributed by atoms with E-state index < -0.39 is 11.3 Å². The summed E-state index contributed by atoms with van der Waals surface area (Å²) < 4.78 is 9.45. The van der Waals surface area contributed by atoms with E-state index in [4.69, 9.17) is 4.99 Å². The number of nitrogens with zero attached hydrogens (tertiary/aromatic N) is 7. The number of aliphatic imine (C=N–C) groups is 1. The minimum absolute atomic E-state index is 0.305. The van der Waals surface area contributed by atoms with Crippen LogP contribution in [0.4, 0.5) is 0 Å². The number of aromatic nitrogens is 4. The van der Waals surface area contributed by atoms with Crippen LogP contribution in [-0.4, -0.2) is 24.1 Å². The van der Waals surface area contributed by atoms with Crippen LogP contribution in [0.25, 0.3) is 127 Å². The Morgan fingerprint density at radius 2 is 0.696 bits per heavy atom. The fourth-order valence-electron chi connectivity index (χ4n) is 15.5. The third-order valence-electron chi connectivity index (χ3n) is 19.4. The molecule has 0 bridgehead atoms. The lowest BCUT2D eigenvalue weighted by Crippen LogP contribution is -2.46. The molecular weight excluding hydrogens is 1120 g/mol. The molecule has 0 aliphatic carbocycles. The van der Waals surface area contributed by atoms with Crippen molar-refractivity contribution in [2.45, 2.75) is 11.3 Å². The van der Waals surface area contributed by atoms with Gasteiger partial charge in [0.2, 0.25) is 0 Å². The van der Waals surface area contributed by atoms with E-state index >= 15 is 0 Å². The summed E-state index contributed by atoms with van der Waals surface area (Å²) in [6.07, 6.45) is 2.06. The normalized spacial score (nSPS) is 15.0. The monoisotopic (exact) mass is 1170 g/mol. The molecule has 0 spiro atoms. The fraction of sp³-hybridized carbons (Fsp3) is 0.0235.